The van der Waals surface area contributed by atoms with Crippen molar-refractivity contribution in [3.63, 3.8) is 0 Å². The molecular weight excluding hydrogens is 342 g/mol. The first-order valence-electron chi connectivity index (χ1n) is 7.87. The van der Waals surface area contributed by atoms with Gasteiger partial charge in [-0.1, -0.05) is 6.92 Å². The molecule has 0 aliphatic carbocycles. The molecule has 8 nitrogen and oxygen atoms in total. The van der Waals surface area contributed by atoms with Crippen molar-refractivity contribution in [3.05, 3.63) is 34.4 Å². The van der Waals surface area contributed by atoms with Crippen molar-refractivity contribution in [2.24, 2.45) is 5.10 Å². The average Bonchev–Trinajstić information content (AvgIpc) is 2.98. The van der Waals surface area contributed by atoms with Gasteiger partial charge in [-0.2, -0.15) is 14.9 Å². The smallest absolute Gasteiger partial charge is 0.257 e. The van der Waals surface area contributed by atoms with Gasteiger partial charge in [0.1, 0.15) is 0 Å². The second-order valence-electron chi connectivity index (χ2n) is 5.01. The minimum Gasteiger partial charge on any atom is -0.493 e. The van der Waals surface area contributed by atoms with Crippen LogP contribution < -0.4 is 14.8 Å². The van der Waals surface area contributed by atoms with E-state index in [1.165, 1.54) is 7.11 Å². The van der Waals surface area contributed by atoms with Gasteiger partial charge in [0.25, 0.3) is 5.91 Å². The minimum absolute atomic E-state index is 0.0678. The summed E-state index contributed by atoms with van der Waals surface area (Å²) in [5.41, 5.74) is 0.798. The van der Waals surface area contributed by atoms with E-state index in [2.05, 4.69) is 20.6 Å². The molecule has 0 saturated carbocycles. The van der Waals surface area contributed by atoms with Crippen LogP contribution in [0.2, 0.25) is 0 Å². The molecule has 0 radical (unpaired) electrons. The molecule has 134 valence electrons. The van der Waals surface area contributed by atoms with Gasteiger partial charge >= 0.3 is 0 Å². The van der Waals surface area contributed by atoms with Crippen molar-refractivity contribution in [3.8, 4) is 11.5 Å². The first-order valence-corrected chi connectivity index (χ1v) is 8.28. The fourth-order valence-electron chi connectivity index (χ4n) is 2.07. The number of nitrogens with one attached hydrogen (secondary N) is 2. The molecular formula is C16H21N5O3S. The number of benzene rings is 1. The second-order valence-corrected chi connectivity index (χ2v) is 5.39. The van der Waals surface area contributed by atoms with Gasteiger partial charge in [-0.05, 0) is 42.9 Å². The van der Waals surface area contributed by atoms with Gasteiger partial charge in [0.2, 0.25) is 4.77 Å². The molecule has 1 heterocycles. The Balaban J connectivity index is 2.15. The number of amides is 1. The molecule has 2 N–H and O–H groups in total. The molecule has 0 unspecified atom stereocenters. The van der Waals surface area contributed by atoms with Crippen LogP contribution in [0.5, 0.6) is 11.5 Å². The SMILES string of the molecule is CCNC(=O)COc1ccc(/C=N\n2c(CC)n[nH]c2=S)cc1OC. The fraction of sp³-hybridized carbons (Fsp3) is 0.375. The zero-order chi connectivity index (χ0) is 18.2. The third-order valence-electron chi connectivity index (χ3n) is 3.28. The van der Waals surface area contributed by atoms with Crippen LogP contribution in [0.15, 0.2) is 23.3 Å². The van der Waals surface area contributed by atoms with Crippen LogP contribution in [0.3, 0.4) is 0 Å². The molecule has 0 bridgehead atoms. The van der Waals surface area contributed by atoms with Crippen LogP contribution in [0, 0.1) is 4.77 Å². The van der Waals surface area contributed by atoms with Crippen LogP contribution in [-0.2, 0) is 11.2 Å². The standard InChI is InChI=1S/C16H21N5O3S/c1-4-14-19-20-16(25)21(14)18-9-11-6-7-12(13(8-11)23-3)24-10-15(22)17-5-2/h6-9H,4-5,10H2,1-3H3,(H,17,22)(H,20,25)/b18-9-. The molecule has 2 rings (SSSR count). The molecule has 0 saturated heterocycles. The van der Waals surface area contributed by atoms with E-state index in [0.29, 0.717) is 29.2 Å². The molecule has 0 spiro atoms. The van der Waals surface area contributed by atoms with Gasteiger partial charge < -0.3 is 14.8 Å². The zero-order valence-electron chi connectivity index (χ0n) is 14.4. The summed E-state index contributed by atoms with van der Waals surface area (Å²) in [5, 5.41) is 13.8. The molecule has 0 fully saturated rings. The molecule has 25 heavy (non-hydrogen) atoms. The van der Waals surface area contributed by atoms with Crippen molar-refractivity contribution in [2.75, 3.05) is 20.3 Å². The van der Waals surface area contributed by atoms with Gasteiger partial charge in [0, 0.05) is 13.0 Å². The maximum atomic E-state index is 11.5. The summed E-state index contributed by atoms with van der Waals surface area (Å²) in [5.74, 6) is 1.56. The monoisotopic (exact) mass is 363 g/mol. The Morgan fingerprint density at radius 2 is 2.24 bits per heavy atom. The Labute approximate surface area is 150 Å². The number of carbonyl (C=O) groups is 1. The Bertz CT molecular complexity index is 812. The summed E-state index contributed by atoms with van der Waals surface area (Å²) in [6.07, 6.45) is 2.36. The molecule has 0 aliphatic heterocycles. The first-order chi connectivity index (χ1) is 12.1. The quantitative estimate of drug-likeness (QED) is 0.552. The molecule has 1 aromatic heterocycles. The normalized spacial score (nSPS) is 10.8. The lowest BCUT2D eigenvalue weighted by molar-refractivity contribution is -0.123. The molecule has 9 heteroatoms. The maximum Gasteiger partial charge on any atom is 0.257 e. The Hall–Kier alpha value is -2.68. The number of ether oxygens (including phenoxy) is 2. The third-order valence-corrected chi connectivity index (χ3v) is 3.54. The average molecular weight is 363 g/mol. The number of nitrogens with zero attached hydrogens (tertiary/aromatic N) is 3. The van der Waals surface area contributed by atoms with Crippen LogP contribution in [0.25, 0.3) is 0 Å². The van der Waals surface area contributed by atoms with Gasteiger partial charge in [-0.15, -0.1) is 0 Å². The highest BCUT2D eigenvalue weighted by molar-refractivity contribution is 7.71. The van der Waals surface area contributed by atoms with Crippen LogP contribution in [0.1, 0.15) is 25.2 Å². The summed E-state index contributed by atoms with van der Waals surface area (Å²) in [6, 6.07) is 5.31. The number of methoxy groups -OCH3 is 1. The zero-order valence-corrected chi connectivity index (χ0v) is 15.2. The van der Waals surface area contributed by atoms with Crippen molar-refractivity contribution >= 4 is 24.3 Å². The van der Waals surface area contributed by atoms with Crippen molar-refractivity contribution in [1.29, 1.82) is 0 Å². The van der Waals surface area contributed by atoms with E-state index in [1.54, 1.807) is 23.0 Å². The van der Waals surface area contributed by atoms with Crippen molar-refractivity contribution < 1.29 is 14.3 Å². The van der Waals surface area contributed by atoms with E-state index in [1.807, 2.05) is 19.9 Å². The van der Waals surface area contributed by atoms with E-state index >= 15 is 0 Å². The molecule has 1 aromatic carbocycles. The summed E-state index contributed by atoms with van der Waals surface area (Å²) >= 11 is 5.15. The third kappa shape index (κ3) is 4.90. The number of aromatic amines is 1. The highest BCUT2D eigenvalue weighted by Crippen LogP contribution is 2.27. The number of aryl methyl sites for hydroxylation is 1. The highest BCUT2D eigenvalue weighted by Gasteiger charge is 2.08. The number of likely N-dealkylation sites (N-methyl/N-ethyl adjacent to an activating group) is 1. The lowest BCUT2D eigenvalue weighted by atomic mass is 10.2. The second kappa shape index (κ2) is 8.97. The van der Waals surface area contributed by atoms with E-state index in [-0.39, 0.29) is 12.5 Å². The Morgan fingerprint density at radius 1 is 1.44 bits per heavy atom. The predicted octanol–water partition coefficient (Wildman–Crippen LogP) is 1.91. The minimum atomic E-state index is -0.184. The lowest BCUT2D eigenvalue weighted by Crippen LogP contribution is -2.28. The topological polar surface area (TPSA) is 93.5 Å². The van der Waals surface area contributed by atoms with E-state index < -0.39 is 0 Å². The Morgan fingerprint density at radius 3 is 2.92 bits per heavy atom. The highest BCUT2D eigenvalue weighted by atomic mass is 32.1. The number of carbonyl (C=O) groups excluding carboxylic acids is 1. The van der Waals surface area contributed by atoms with Crippen LogP contribution in [0.4, 0.5) is 0 Å². The largest absolute Gasteiger partial charge is 0.493 e. The number of aromatic nitrogens is 3. The van der Waals surface area contributed by atoms with Crippen molar-refractivity contribution in [1.82, 2.24) is 20.2 Å². The molecule has 0 atom stereocenters. The summed E-state index contributed by atoms with van der Waals surface area (Å²) in [4.78, 5) is 11.5. The van der Waals surface area contributed by atoms with E-state index in [4.69, 9.17) is 21.7 Å². The fourth-order valence-corrected chi connectivity index (χ4v) is 2.27. The van der Waals surface area contributed by atoms with Gasteiger partial charge in [0.15, 0.2) is 23.9 Å². The number of hydrogen-bond acceptors (Lipinski definition) is 6. The summed E-state index contributed by atoms with van der Waals surface area (Å²) < 4.78 is 12.8. The Kier molecular flexibility index (Phi) is 6.70. The van der Waals surface area contributed by atoms with Crippen molar-refractivity contribution in [2.45, 2.75) is 20.3 Å². The number of rotatable bonds is 8. The van der Waals surface area contributed by atoms with Gasteiger partial charge in [-0.3, -0.25) is 9.89 Å². The first kappa shape index (κ1) is 18.7. The van der Waals surface area contributed by atoms with Crippen LogP contribution in [-0.4, -0.2) is 47.3 Å². The summed E-state index contributed by atoms with van der Waals surface area (Å²) in [7, 11) is 1.54. The maximum absolute atomic E-state index is 11.5. The molecule has 1 amide bonds. The predicted molar refractivity (Wildman–Crippen MR) is 97.0 cm³/mol. The van der Waals surface area contributed by atoms with Gasteiger partial charge in [-0.25, -0.2) is 0 Å². The van der Waals surface area contributed by atoms with Gasteiger partial charge in [0.05, 0.1) is 13.3 Å². The van der Waals surface area contributed by atoms with E-state index in [9.17, 15) is 4.79 Å². The lowest BCUT2D eigenvalue weighted by Gasteiger charge is -2.11. The number of H-pyrrole nitrogens is 1. The number of hydrogen-bond donors (Lipinski definition) is 2. The molecule has 0 aliphatic rings. The molecule has 2 aromatic rings. The van der Waals surface area contributed by atoms with Crippen LogP contribution >= 0.6 is 12.2 Å². The van der Waals surface area contributed by atoms with E-state index in [0.717, 1.165) is 11.4 Å². The summed E-state index contributed by atoms with van der Waals surface area (Å²) in [6.45, 7) is 4.32.